The van der Waals surface area contributed by atoms with Crippen LogP contribution in [0.2, 0.25) is 0 Å². The Kier molecular flexibility index (Phi) is 5.95. The summed E-state index contributed by atoms with van der Waals surface area (Å²) < 4.78 is 0. The minimum Gasteiger partial charge on any atom is -0.359 e. The van der Waals surface area contributed by atoms with Gasteiger partial charge in [-0.2, -0.15) is 0 Å². The third-order valence-electron chi connectivity index (χ3n) is 5.98. The average Bonchev–Trinajstić information content (AvgIpc) is 3.34. The van der Waals surface area contributed by atoms with Gasteiger partial charge in [-0.3, -0.25) is 14.6 Å². The van der Waals surface area contributed by atoms with Gasteiger partial charge in [-0.05, 0) is 54.0 Å². The van der Waals surface area contributed by atoms with E-state index in [1.54, 1.807) is 42.9 Å². The van der Waals surface area contributed by atoms with E-state index in [2.05, 4.69) is 39.9 Å². The first-order valence-corrected chi connectivity index (χ1v) is 11.0. The van der Waals surface area contributed by atoms with E-state index in [1.807, 2.05) is 17.0 Å². The van der Waals surface area contributed by atoms with Crippen molar-refractivity contribution < 1.29 is 9.59 Å². The van der Waals surface area contributed by atoms with Crippen LogP contribution in [0.25, 0.3) is 10.4 Å². The maximum absolute atomic E-state index is 13.0. The molecule has 154 valence electrons. The number of likely N-dealkylation sites (tertiary alicyclic amines) is 1. The molecule has 0 aliphatic carbocycles. The highest BCUT2D eigenvalue weighted by molar-refractivity contribution is 7.13. The molecule has 5 nitrogen and oxygen atoms in total. The van der Waals surface area contributed by atoms with Crippen molar-refractivity contribution in [1.29, 1.82) is 0 Å². The molecule has 1 N–H and O–H groups in total. The van der Waals surface area contributed by atoms with Crippen molar-refractivity contribution in [3.63, 3.8) is 0 Å². The van der Waals surface area contributed by atoms with Gasteiger partial charge in [-0.25, -0.2) is 0 Å². The lowest BCUT2D eigenvalue weighted by Gasteiger charge is -2.41. The van der Waals surface area contributed by atoms with Crippen LogP contribution in [0.1, 0.15) is 28.8 Å². The molecule has 4 rings (SSSR count). The molecule has 3 heterocycles. The zero-order valence-electron chi connectivity index (χ0n) is 17.0. The fraction of sp³-hybridized carbons (Fsp3) is 0.292. The highest BCUT2D eigenvalue weighted by Gasteiger charge is 2.42. The van der Waals surface area contributed by atoms with Crippen LogP contribution in [0.4, 0.5) is 0 Å². The molecule has 0 saturated carbocycles. The number of benzene rings is 1. The lowest BCUT2D eigenvalue weighted by molar-refractivity contribution is -0.133. The van der Waals surface area contributed by atoms with Gasteiger partial charge < -0.3 is 10.2 Å². The van der Waals surface area contributed by atoms with Crippen molar-refractivity contribution in [3.8, 4) is 10.4 Å². The van der Waals surface area contributed by atoms with Gasteiger partial charge >= 0.3 is 0 Å². The van der Waals surface area contributed by atoms with Gasteiger partial charge in [0.25, 0.3) is 5.91 Å². The minimum atomic E-state index is -0.517. The van der Waals surface area contributed by atoms with Crippen LogP contribution < -0.4 is 5.32 Å². The topological polar surface area (TPSA) is 62.3 Å². The Morgan fingerprint density at radius 1 is 1.07 bits per heavy atom. The first-order chi connectivity index (χ1) is 14.6. The molecule has 2 aromatic heterocycles. The van der Waals surface area contributed by atoms with E-state index in [4.69, 9.17) is 0 Å². The van der Waals surface area contributed by atoms with Gasteiger partial charge in [0.05, 0.1) is 5.41 Å². The Morgan fingerprint density at radius 3 is 2.47 bits per heavy atom. The molecule has 2 amide bonds. The summed E-state index contributed by atoms with van der Waals surface area (Å²) in [5, 5.41) is 4.95. The maximum atomic E-state index is 13.0. The third-order valence-corrected chi connectivity index (χ3v) is 6.88. The maximum Gasteiger partial charge on any atom is 0.253 e. The zero-order valence-corrected chi connectivity index (χ0v) is 17.8. The van der Waals surface area contributed by atoms with Gasteiger partial charge in [-0.1, -0.05) is 30.3 Å². The van der Waals surface area contributed by atoms with E-state index >= 15 is 0 Å². The quantitative estimate of drug-likeness (QED) is 0.679. The molecule has 0 radical (unpaired) electrons. The van der Waals surface area contributed by atoms with Gasteiger partial charge in [0.15, 0.2) is 0 Å². The van der Waals surface area contributed by atoms with Crippen LogP contribution in [-0.4, -0.2) is 41.8 Å². The van der Waals surface area contributed by atoms with E-state index in [1.165, 1.54) is 16.0 Å². The molecule has 1 saturated heterocycles. The van der Waals surface area contributed by atoms with Gasteiger partial charge in [0.1, 0.15) is 0 Å². The predicted molar refractivity (Wildman–Crippen MR) is 119 cm³/mol. The number of nitrogens with zero attached hydrogens (tertiary/aromatic N) is 2. The lowest BCUT2D eigenvalue weighted by Crippen LogP contribution is -2.50. The Morgan fingerprint density at radius 2 is 1.80 bits per heavy atom. The van der Waals surface area contributed by atoms with E-state index in [-0.39, 0.29) is 11.8 Å². The predicted octanol–water partition coefficient (Wildman–Crippen LogP) is 4.02. The molecule has 1 aliphatic rings. The molecule has 0 unspecified atom stereocenters. The van der Waals surface area contributed by atoms with Crippen molar-refractivity contribution in [1.82, 2.24) is 15.2 Å². The fourth-order valence-corrected chi connectivity index (χ4v) is 5.06. The highest BCUT2D eigenvalue weighted by Crippen LogP contribution is 2.39. The number of aromatic nitrogens is 1. The summed E-state index contributed by atoms with van der Waals surface area (Å²) in [7, 11) is 1.70. The number of carbonyl (C=O) groups is 2. The number of amides is 2. The lowest BCUT2D eigenvalue weighted by atomic mass is 9.72. The van der Waals surface area contributed by atoms with Crippen LogP contribution >= 0.6 is 11.3 Å². The molecule has 0 atom stereocenters. The van der Waals surface area contributed by atoms with Crippen molar-refractivity contribution in [2.75, 3.05) is 20.1 Å². The molecule has 30 heavy (non-hydrogen) atoms. The highest BCUT2D eigenvalue weighted by atomic mass is 32.1. The summed E-state index contributed by atoms with van der Waals surface area (Å²) in [6.07, 6.45) is 5.21. The number of hydrogen-bond donors (Lipinski definition) is 1. The van der Waals surface area contributed by atoms with Crippen molar-refractivity contribution in [3.05, 3.63) is 77.4 Å². The number of rotatable bonds is 5. The molecule has 6 heteroatoms. The molecule has 0 spiro atoms. The zero-order chi connectivity index (χ0) is 21.0. The largest absolute Gasteiger partial charge is 0.359 e. The summed E-state index contributed by atoms with van der Waals surface area (Å²) >= 11 is 1.71. The van der Waals surface area contributed by atoms with Crippen molar-refractivity contribution >= 4 is 23.2 Å². The number of piperidine rings is 1. The van der Waals surface area contributed by atoms with Gasteiger partial charge in [0.2, 0.25) is 5.91 Å². The SMILES string of the molecule is CNC(=O)C1(Cc2ccccc2-c2cccs2)CCN(C(=O)c2ccncc2)CC1. The van der Waals surface area contributed by atoms with Gasteiger partial charge in [0, 0.05) is 43.0 Å². The third kappa shape index (κ3) is 4.00. The Hall–Kier alpha value is -2.99. The number of nitrogens with one attached hydrogen (secondary N) is 1. The smallest absolute Gasteiger partial charge is 0.253 e. The molecule has 3 aromatic rings. The second-order valence-corrected chi connectivity index (χ2v) is 8.65. The second-order valence-electron chi connectivity index (χ2n) is 7.70. The first-order valence-electron chi connectivity index (χ1n) is 10.2. The summed E-state index contributed by atoms with van der Waals surface area (Å²) in [5.41, 5.74) is 2.49. The van der Waals surface area contributed by atoms with E-state index in [0.29, 0.717) is 37.9 Å². The van der Waals surface area contributed by atoms with Crippen molar-refractivity contribution in [2.45, 2.75) is 19.3 Å². The molecular formula is C24H25N3O2S. The summed E-state index contributed by atoms with van der Waals surface area (Å²) in [5.74, 6) is 0.0568. The number of pyridine rings is 1. The van der Waals surface area contributed by atoms with E-state index in [0.717, 1.165) is 0 Å². The van der Waals surface area contributed by atoms with Gasteiger partial charge in [-0.15, -0.1) is 11.3 Å². The van der Waals surface area contributed by atoms with Crippen LogP contribution in [0, 0.1) is 5.41 Å². The van der Waals surface area contributed by atoms with Crippen LogP contribution in [-0.2, 0) is 11.2 Å². The Bertz CT molecular complexity index is 1010. The number of carbonyl (C=O) groups excluding carboxylic acids is 2. The van der Waals surface area contributed by atoms with Crippen molar-refractivity contribution in [2.24, 2.45) is 5.41 Å². The number of hydrogen-bond acceptors (Lipinski definition) is 4. The average molecular weight is 420 g/mol. The second kappa shape index (κ2) is 8.79. The first kappa shape index (κ1) is 20.3. The molecule has 1 fully saturated rings. The molecular weight excluding hydrogens is 394 g/mol. The van der Waals surface area contributed by atoms with E-state index < -0.39 is 5.41 Å². The summed E-state index contributed by atoms with van der Waals surface area (Å²) in [6.45, 7) is 1.13. The number of thiophene rings is 1. The van der Waals surface area contributed by atoms with Crippen LogP contribution in [0.3, 0.4) is 0 Å². The minimum absolute atomic E-state index is 0.00175. The molecule has 1 aromatic carbocycles. The van der Waals surface area contributed by atoms with E-state index in [9.17, 15) is 9.59 Å². The van der Waals surface area contributed by atoms with Crippen LogP contribution in [0.15, 0.2) is 66.3 Å². The Labute approximate surface area is 180 Å². The molecule has 0 bridgehead atoms. The Balaban J connectivity index is 1.56. The monoisotopic (exact) mass is 419 g/mol. The normalized spacial score (nSPS) is 15.6. The standard InChI is InChI=1S/C24H25N3O2S/c1-25-23(29)24(17-19-5-2-3-6-20(19)21-7-4-16-30-21)10-14-27(15-11-24)22(28)18-8-12-26-13-9-18/h2-9,12-13,16H,10-11,14-15,17H2,1H3,(H,25,29). The van der Waals surface area contributed by atoms with Crippen LogP contribution in [0.5, 0.6) is 0 Å². The fourth-order valence-electron chi connectivity index (χ4n) is 4.28. The summed E-state index contributed by atoms with van der Waals surface area (Å²) in [6, 6.07) is 16.0. The summed E-state index contributed by atoms with van der Waals surface area (Å²) in [4.78, 5) is 32.9. The molecule has 1 aliphatic heterocycles.